The number of aromatic nitrogens is 6. The molecule has 0 atom stereocenters. The van der Waals surface area contributed by atoms with E-state index in [-0.39, 0.29) is 11.8 Å². The van der Waals surface area contributed by atoms with E-state index in [0.29, 0.717) is 33.9 Å². The number of pyridine rings is 1. The minimum Gasteiger partial charge on any atom is -0.513 e. The number of ether oxygens (including phenoxy) is 2. The predicted molar refractivity (Wildman–Crippen MR) is 156 cm³/mol. The lowest BCUT2D eigenvalue weighted by molar-refractivity contribution is 0.319. The van der Waals surface area contributed by atoms with Gasteiger partial charge in [0.25, 0.3) is 0 Å². The van der Waals surface area contributed by atoms with Gasteiger partial charge >= 0.3 is 6.01 Å². The average Bonchev–Trinajstić information content (AvgIpc) is 3.17. The summed E-state index contributed by atoms with van der Waals surface area (Å²) in [7, 11) is 7.76. The molecule has 0 bridgehead atoms. The molecule has 0 saturated heterocycles. The van der Waals surface area contributed by atoms with E-state index in [1.165, 1.54) is 12.4 Å². The van der Waals surface area contributed by atoms with E-state index in [1.807, 2.05) is 49.0 Å². The minimum absolute atomic E-state index is 0.0101. The topological polar surface area (TPSA) is 87.8 Å². The highest BCUT2D eigenvalue weighted by atomic mass is 19.1. The summed E-state index contributed by atoms with van der Waals surface area (Å²) < 4.78 is 29.4. The van der Waals surface area contributed by atoms with Gasteiger partial charge in [-0.2, -0.15) is 0 Å². The zero-order valence-corrected chi connectivity index (χ0v) is 22.6. The van der Waals surface area contributed by atoms with Gasteiger partial charge in [0.05, 0.1) is 17.0 Å². The molecule has 39 heavy (non-hydrogen) atoms. The first-order valence-corrected chi connectivity index (χ1v) is 12.3. The molecule has 5 aromatic rings. The Labute approximate surface area is 228 Å². The Morgan fingerprint density at radius 3 is 2.51 bits per heavy atom. The Hall–Kier alpha value is -4.65. The van der Waals surface area contributed by atoms with Crippen molar-refractivity contribution in [2.75, 3.05) is 0 Å². The largest absolute Gasteiger partial charge is 0.513 e. The summed E-state index contributed by atoms with van der Waals surface area (Å²) in [6, 6.07) is 8.31. The fraction of sp³-hybridized carbons (Fsp3) is 0.148. The number of halogens is 1. The number of rotatable bonds is 6. The van der Waals surface area contributed by atoms with Gasteiger partial charge in [-0.25, -0.2) is 29.3 Å². The van der Waals surface area contributed by atoms with Crippen molar-refractivity contribution in [2.45, 2.75) is 19.1 Å². The number of terminal acetylenes is 1. The zero-order chi connectivity index (χ0) is 27.9. The third kappa shape index (κ3) is 5.08. The Bertz CT molecular complexity index is 1780. The number of benzene rings is 1. The SMILES string of the molecule is BC(B)(B)Oc1cc(C#C)ncc1-c1c(-c2ccc(Oc3nccc(C)n3)c(F)c2)c2c(C)ncnc2n1C. The van der Waals surface area contributed by atoms with Gasteiger partial charge in [-0.15, -0.1) is 6.42 Å². The van der Waals surface area contributed by atoms with Crippen LogP contribution in [-0.4, -0.2) is 58.3 Å². The molecule has 4 heterocycles. The lowest BCUT2D eigenvalue weighted by Crippen LogP contribution is -2.37. The second kappa shape index (κ2) is 9.91. The van der Waals surface area contributed by atoms with E-state index in [2.05, 4.69) is 30.8 Å². The van der Waals surface area contributed by atoms with Gasteiger partial charge in [0.2, 0.25) is 0 Å². The van der Waals surface area contributed by atoms with Crippen LogP contribution in [0.3, 0.4) is 0 Å². The highest BCUT2D eigenvalue weighted by Gasteiger charge is 2.26. The highest BCUT2D eigenvalue weighted by molar-refractivity contribution is 6.58. The van der Waals surface area contributed by atoms with Crippen molar-refractivity contribution in [1.82, 2.24) is 29.5 Å². The molecule has 0 amide bonds. The third-order valence-corrected chi connectivity index (χ3v) is 6.04. The highest BCUT2D eigenvalue weighted by Crippen LogP contribution is 2.44. The van der Waals surface area contributed by atoms with Crippen LogP contribution in [0.25, 0.3) is 33.4 Å². The molecule has 8 nitrogen and oxygen atoms in total. The van der Waals surface area contributed by atoms with Crippen molar-refractivity contribution < 1.29 is 13.9 Å². The Morgan fingerprint density at radius 1 is 1.03 bits per heavy atom. The summed E-state index contributed by atoms with van der Waals surface area (Å²) in [6.45, 7) is 3.70. The summed E-state index contributed by atoms with van der Waals surface area (Å²) in [4.78, 5) is 21.7. The van der Waals surface area contributed by atoms with Crippen LogP contribution in [-0.2, 0) is 7.05 Å². The van der Waals surface area contributed by atoms with Crippen molar-refractivity contribution in [3.05, 3.63) is 72.0 Å². The molecular formula is C27H24B3FN6O2. The first-order valence-electron chi connectivity index (χ1n) is 12.3. The molecule has 5 rings (SSSR count). The average molecular weight is 516 g/mol. The molecule has 190 valence electrons. The van der Waals surface area contributed by atoms with Crippen molar-refractivity contribution >= 4 is 34.6 Å². The standard InChI is InChI=1S/C27H24B3FN6O2/c1-5-17-11-21(39-27(28,29)30)18(12-33-17)24-23(22-15(3)34-13-35-25(22)37(24)4)16-6-7-20(19(31)10-16)38-26-32-9-8-14(2)36-26/h1,6-13H,28-30H2,2-4H3. The maximum absolute atomic E-state index is 15.5. The van der Waals surface area contributed by atoms with Gasteiger partial charge < -0.3 is 14.0 Å². The van der Waals surface area contributed by atoms with Crippen molar-refractivity contribution in [2.24, 2.45) is 7.05 Å². The molecule has 0 N–H and O–H groups in total. The minimum atomic E-state index is -0.568. The van der Waals surface area contributed by atoms with E-state index in [9.17, 15) is 0 Å². The van der Waals surface area contributed by atoms with E-state index in [0.717, 1.165) is 22.3 Å². The van der Waals surface area contributed by atoms with Crippen LogP contribution < -0.4 is 9.47 Å². The molecule has 1 aromatic carbocycles. The molecule has 0 radical (unpaired) electrons. The molecule has 0 aliphatic carbocycles. The van der Waals surface area contributed by atoms with Crippen LogP contribution in [0, 0.1) is 32.0 Å². The van der Waals surface area contributed by atoms with Gasteiger partial charge in [-0.1, -0.05) is 12.0 Å². The molecule has 0 spiro atoms. The van der Waals surface area contributed by atoms with Gasteiger partial charge in [0, 0.05) is 47.5 Å². The van der Waals surface area contributed by atoms with Gasteiger partial charge in [-0.05, 0) is 37.6 Å². The fourth-order valence-corrected chi connectivity index (χ4v) is 4.42. The first-order chi connectivity index (χ1) is 18.6. The van der Waals surface area contributed by atoms with Crippen molar-refractivity contribution in [1.29, 1.82) is 0 Å². The number of fused-ring (bicyclic) bond motifs is 1. The van der Waals surface area contributed by atoms with Crippen LogP contribution in [0.2, 0.25) is 0 Å². The van der Waals surface area contributed by atoms with Crippen LogP contribution >= 0.6 is 0 Å². The van der Waals surface area contributed by atoms with Crippen molar-refractivity contribution in [3.8, 4) is 52.2 Å². The first kappa shape index (κ1) is 26.0. The maximum Gasteiger partial charge on any atom is 0.322 e. The summed E-state index contributed by atoms with van der Waals surface area (Å²) in [5.74, 6) is 2.57. The molecule has 0 unspecified atom stereocenters. The molecule has 12 heteroatoms. The summed E-state index contributed by atoms with van der Waals surface area (Å²) in [5.41, 5.74) is 5.35. The summed E-state index contributed by atoms with van der Waals surface area (Å²) >= 11 is 0. The summed E-state index contributed by atoms with van der Waals surface area (Å²) in [5, 5.41) is 0.276. The van der Waals surface area contributed by atoms with E-state index < -0.39 is 11.1 Å². The molecule has 0 saturated carbocycles. The van der Waals surface area contributed by atoms with Gasteiger partial charge in [-0.3, -0.25) is 0 Å². The Kier molecular flexibility index (Phi) is 6.60. The lowest BCUT2D eigenvalue weighted by Gasteiger charge is -2.24. The van der Waals surface area contributed by atoms with Crippen molar-refractivity contribution in [3.63, 3.8) is 0 Å². The molecule has 0 fully saturated rings. The van der Waals surface area contributed by atoms with Gasteiger partial charge in [0.1, 0.15) is 47.0 Å². The van der Waals surface area contributed by atoms with E-state index in [1.54, 1.807) is 36.7 Å². The number of nitrogens with zero attached hydrogens (tertiary/aromatic N) is 6. The number of aryl methyl sites for hydroxylation is 3. The molecule has 4 aromatic heterocycles. The molecular weight excluding hydrogens is 492 g/mol. The Balaban J connectivity index is 1.74. The van der Waals surface area contributed by atoms with Crippen LogP contribution in [0.5, 0.6) is 17.5 Å². The molecule has 0 aliphatic heterocycles. The smallest absolute Gasteiger partial charge is 0.322 e. The zero-order valence-electron chi connectivity index (χ0n) is 22.6. The van der Waals surface area contributed by atoms with Crippen LogP contribution in [0.4, 0.5) is 4.39 Å². The van der Waals surface area contributed by atoms with Crippen LogP contribution in [0.15, 0.2) is 49.1 Å². The number of hydrogen-bond donors (Lipinski definition) is 0. The maximum atomic E-state index is 15.5. The predicted octanol–water partition coefficient (Wildman–Crippen LogP) is 1.91. The second-order valence-electron chi connectivity index (χ2n) is 10.1. The number of hydrogen-bond acceptors (Lipinski definition) is 7. The van der Waals surface area contributed by atoms with Crippen LogP contribution in [0.1, 0.15) is 17.1 Å². The molecule has 0 aliphatic rings. The third-order valence-electron chi connectivity index (χ3n) is 6.04. The van der Waals surface area contributed by atoms with E-state index in [4.69, 9.17) is 15.9 Å². The lowest BCUT2D eigenvalue weighted by atomic mass is 9.52. The normalized spacial score (nSPS) is 11.4. The monoisotopic (exact) mass is 516 g/mol. The Morgan fingerprint density at radius 2 is 1.82 bits per heavy atom. The second-order valence-corrected chi connectivity index (χ2v) is 10.1. The fourth-order valence-electron chi connectivity index (χ4n) is 4.42. The summed E-state index contributed by atoms with van der Waals surface area (Å²) in [6.07, 6.45) is 10.4. The quantitative estimate of drug-likeness (QED) is 0.252. The van der Waals surface area contributed by atoms with Gasteiger partial charge in [0.15, 0.2) is 11.6 Å². The van der Waals surface area contributed by atoms with E-state index >= 15 is 4.39 Å².